The summed E-state index contributed by atoms with van der Waals surface area (Å²) >= 11 is 0. The summed E-state index contributed by atoms with van der Waals surface area (Å²) in [6.45, 7) is 2.57. The number of alkyl halides is 3. The molecule has 0 unspecified atom stereocenters. The van der Waals surface area contributed by atoms with Gasteiger partial charge in [-0.1, -0.05) is 26.0 Å². The number of pyridine rings is 1. The molecule has 2 aromatic rings. The number of hydrogen-bond acceptors (Lipinski definition) is 4. The number of nitrogens with zero attached hydrogens (tertiary/aromatic N) is 2. The summed E-state index contributed by atoms with van der Waals surface area (Å²) in [5.41, 5.74) is -0.840. The van der Waals surface area contributed by atoms with Gasteiger partial charge in [0.05, 0.1) is 0 Å². The minimum Gasteiger partial charge on any atom is -0.503 e. The molecule has 0 fully saturated rings. The smallest absolute Gasteiger partial charge is 0.422 e. The highest BCUT2D eigenvalue weighted by molar-refractivity contribution is 5.96. The average molecular weight is 416 g/mol. The third-order valence-electron chi connectivity index (χ3n) is 4.00. The first kappa shape index (κ1) is 22.3. The van der Waals surface area contributed by atoms with Crippen LogP contribution in [0.1, 0.15) is 29.9 Å². The maximum absolute atomic E-state index is 13.0. The predicted molar refractivity (Wildman–Crippen MR) is 96.4 cm³/mol. The Morgan fingerprint density at radius 2 is 1.72 bits per heavy atom. The molecule has 2 heterocycles. The van der Waals surface area contributed by atoms with Crippen LogP contribution in [0.3, 0.4) is 0 Å². The number of hydrogen-bond donors (Lipinski definition) is 1. The van der Waals surface area contributed by atoms with Crippen LogP contribution in [0.5, 0.6) is 11.6 Å². The number of aromatic hydroxyl groups is 1. The van der Waals surface area contributed by atoms with Gasteiger partial charge < -0.3 is 19.3 Å². The zero-order valence-electron chi connectivity index (χ0n) is 15.8. The molecule has 0 saturated carbocycles. The summed E-state index contributed by atoms with van der Waals surface area (Å²) in [6.07, 6.45) is -4.62. The minimum atomic E-state index is -4.62. The number of ether oxygens (including phenoxy) is 1. The number of aromatic nitrogens is 1. The van der Waals surface area contributed by atoms with E-state index in [4.69, 9.17) is 0 Å². The molecular formula is C19H20F4N2O4. The molecule has 10 heteroatoms. The zero-order chi connectivity index (χ0) is 21.8. The Bertz CT molecular complexity index is 924. The van der Waals surface area contributed by atoms with Crippen molar-refractivity contribution >= 4 is 5.91 Å². The van der Waals surface area contributed by atoms with Gasteiger partial charge in [-0.05, 0) is 17.7 Å². The Morgan fingerprint density at radius 3 is 2.31 bits per heavy atom. The second kappa shape index (κ2) is 8.97. The Morgan fingerprint density at radius 1 is 1.10 bits per heavy atom. The van der Waals surface area contributed by atoms with Gasteiger partial charge in [0.1, 0.15) is 5.82 Å². The molecule has 0 atom stereocenters. The molecule has 3 rings (SSSR count). The van der Waals surface area contributed by atoms with Crippen LogP contribution in [-0.2, 0) is 13.1 Å². The number of rotatable bonds is 4. The Kier molecular flexibility index (Phi) is 6.89. The molecule has 158 valence electrons. The average Bonchev–Trinajstić information content (AvgIpc) is 2.68. The molecule has 0 bridgehead atoms. The summed E-state index contributed by atoms with van der Waals surface area (Å²) in [5, 5.41) is 9.98. The van der Waals surface area contributed by atoms with E-state index < -0.39 is 47.3 Å². The molecule has 0 spiro atoms. The second-order valence-electron chi connectivity index (χ2n) is 5.95. The molecule has 1 aromatic carbocycles. The predicted octanol–water partition coefficient (Wildman–Crippen LogP) is 3.32. The first-order valence-electron chi connectivity index (χ1n) is 8.86. The monoisotopic (exact) mass is 416 g/mol. The summed E-state index contributed by atoms with van der Waals surface area (Å²) in [5.74, 6) is -2.48. The SMILES string of the molecule is CC.O=C1c2c(O)c(=O)cc(OCC(F)(F)F)n2CCN1Cc1ccc(F)cc1. The molecule has 6 nitrogen and oxygen atoms in total. The van der Waals surface area contributed by atoms with Crippen molar-refractivity contribution in [3.05, 3.63) is 57.6 Å². The number of halogens is 4. The van der Waals surface area contributed by atoms with Gasteiger partial charge in [0.15, 0.2) is 23.9 Å². The highest BCUT2D eigenvalue weighted by atomic mass is 19.4. The third-order valence-corrected chi connectivity index (χ3v) is 4.00. The number of carbonyl (C=O) groups excluding carboxylic acids is 1. The molecule has 0 aliphatic carbocycles. The lowest BCUT2D eigenvalue weighted by molar-refractivity contribution is -0.154. The van der Waals surface area contributed by atoms with E-state index in [1.54, 1.807) is 0 Å². The van der Waals surface area contributed by atoms with Crippen molar-refractivity contribution < 1.29 is 32.2 Å². The van der Waals surface area contributed by atoms with Crippen LogP contribution in [0.25, 0.3) is 0 Å². The maximum Gasteiger partial charge on any atom is 0.422 e. The van der Waals surface area contributed by atoms with Crippen molar-refractivity contribution in [2.75, 3.05) is 13.2 Å². The number of fused-ring (bicyclic) bond motifs is 1. The fraction of sp³-hybridized carbons (Fsp3) is 0.368. The molecule has 0 radical (unpaired) electrons. The lowest BCUT2D eigenvalue weighted by Gasteiger charge is -2.31. The van der Waals surface area contributed by atoms with E-state index in [1.807, 2.05) is 13.8 Å². The molecule has 1 aromatic heterocycles. The fourth-order valence-electron chi connectivity index (χ4n) is 2.76. The minimum absolute atomic E-state index is 0.0172. The first-order chi connectivity index (χ1) is 13.7. The lowest BCUT2D eigenvalue weighted by atomic mass is 10.1. The Balaban J connectivity index is 0.00000145. The van der Waals surface area contributed by atoms with Gasteiger partial charge in [-0.15, -0.1) is 0 Å². The Labute approximate surface area is 163 Å². The van der Waals surface area contributed by atoms with Crippen molar-refractivity contribution in [3.8, 4) is 11.6 Å². The lowest BCUT2D eigenvalue weighted by Crippen LogP contribution is -2.41. The van der Waals surface area contributed by atoms with Gasteiger partial charge in [0.2, 0.25) is 5.43 Å². The molecule has 29 heavy (non-hydrogen) atoms. The van der Waals surface area contributed by atoms with E-state index in [0.717, 1.165) is 4.57 Å². The second-order valence-corrected chi connectivity index (χ2v) is 5.95. The number of benzene rings is 1. The zero-order valence-corrected chi connectivity index (χ0v) is 15.8. The van der Waals surface area contributed by atoms with Crippen LogP contribution < -0.4 is 10.2 Å². The standard InChI is InChI=1S/C17H14F4N2O4.C2H6/c18-11-3-1-10(2-4-11)8-22-5-6-23-13(27-9-17(19,20)21)7-12(24)15(25)14(23)16(22)26;1-2/h1-4,7,25H,5-6,8-9H2;1-2H3. The Hall–Kier alpha value is -3.04. The van der Waals surface area contributed by atoms with Crippen molar-refractivity contribution in [1.29, 1.82) is 0 Å². The van der Waals surface area contributed by atoms with Gasteiger partial charge in [0, 0.05) is 25.7 Å². The van der Waals surface area contributed by atoms with Crippen molar-refractivity contribution in [2.45, 2.75) is 33.1 Å². The van der Waals surface area contributed by atoms with Crippen LogP contribution in [0.15, 0.2) is 35.1 Å². The number of amides is 1. The van der Waals surface area contributed by atoms with Crippen LogP contribution in [-0.4, -0.2) is 39.8 Å². The quantitative estimate of drug-likeness (QED) is 0.777. The van der Waals surface area contributed by atoms with Crippen LogP contribution in [0.4, 0.5) is 17.6 Å². The molecule has 0 saturated heterocycles. The van der Waals surface area contributed by atoms with Gasteiger partial charge >= 0.3 is 6.18 Å². The summed E-state index contributed by atoms with van der Waals surface area (Å²) in [4.78, 5) is 25.8. The van der Waals surface area contributed by atoms with Crippen LogP contribution in [0.2, 0.25) is 0 Å². The molecular weight excluding hydrogens is 396 g/mol. The van der Waals surface area contributed by atoms with E-state index in [2.05, 4.69) is 4.74 Å². The third kappa shape index (κ3) is 5.27. The highest BCUT2D eigenvalue weighted by Crippen LogP contribution is 2.27. The van der Waals surface area contributed by atoms with Crippen molar-refractivity contribution in [2.24, 2.45) is 0 Å². The van der Waals surface area contributed by atoms with E-state index in [-0.39, 0.29) is 19.6 Å². The van der Waals surface area contributed by atoms with Crippen LogP contribution in [0, 0.1) is 5.82 Å². The van der Waals surface area contributed by atoms with E-state index >= 15 is 0 Å². The molecule has 1 amide bonds. The van der Waals surface area contributed by atoms with E-state index in [9.17, 15) is 32.3 Å². The summed E-state index contributed by atoms with van der Waals surface area (Å²) < 4.78 is 55.9. The normalized spacial score (nSPS) is 13.4. The highest BCUT2D eigenvalue weighted by Gasteiger charge is 2.33. The maximum atomic E-state index is 13.0. The van der Waals surface area contributed by atoms with Crippen molar-refractivity contribution in [1.82, 2.24) is 9.47 Å². The van der Waals surface area contributed by atoms with Gasteiger partial charge in [0.25, 0.3) is 5.91 Å². The molecule has 1 aliphatic heterocycles. The van der Waals surface area contributed by atoms with E-state index in [1.165, 1.54) is 29.2 Å². The van der Waals surface area contributed by atoms with Crippen LogP contribution >= 0.6 is 0 Å². The van der Waals surface area contributed by atoms with Gasteiger partial charge in [-0.3, -0.25) is 9.59 Å². The summed E-state index contributed by atoms with van der Waals surface area (Å²) in [6, 6.07) is 6.12. The van der Waals surface area contributed by atoms with E-state index in [0.29, 0.717) is 11.6 Å². The van der Waals surface area contributed by atoms with Gasteiger partial charge in [-0.2, -0.15) is 13.2 Å². The largest absolute Gasteiger partial charge is 0.503 e. The number of carbonyl (C=O) groups is 1. The van der Waals surface area contributed by atoms with Crippen molar-refractivity contribution in [3.63, 3.8) is 0 Å². The summed E-state index contributed by atoms with van der Waals surface area (Å²) in [7, 11) is 0. The topological polar surface area (TPSA) is 71.8 Å². The molecule has 1 N–H and O–H groups in total. The molecule has 1 aliphatic rings. The fourth-order valence-corrected chi connectivity index (χ4v) is 2.76. The first-order valence-corrected chi connectivity index (χ1v) is 8.86. The van der Waals surface area contributed by atoms with Gasteiger partial charge in [-0.25, -0.2) is 4.39 Å².